The molecule has 0 aliphatic carbocycles. The van der Waals surface area contributed by atoms with E-state index in [1.165, 1.54) is 11.1 Å². The van der Waals surface area contributed by atoms with Gasteiger partial charge >= 0.3 is 0 Å². The number of carbonyl (C=O) groups excluding carboxylic acids is 3. The van der Waals surface area contributed by atoms with E-state index in [-0.39, 0.29) is 30.6 Å². The Morgan fingerprint density at radius 3 is 2.63 bits per heavy atom. The van der Waals surface area contributed by atoms with E-state index in [1.807, 2.05) is 23.1 Å². The van der Waals surface area contributed by atoms with E-state index in [9.17, 15) is 14.4 Å². The molecule has 0 radical (unpaired) electrons. The van der Waals surface area contributed by atoms with Crippen LogP contribution in [0.15, 0.2) is 48.5 Å². The number of nitrogens with one attached hydrogen (secondary N) is 2. The van der Waals surface area contributed by atoms with Crippen LogP contribution in [-0.2, 0) is 22.6 Å². The van der Waals surface area contributed by atoms with Gasteiger partial charge in [0.15, 0.2) is 0 Å². The summed E-state index contributed by atoms with van der Waals surface area (Å²) in [6, 6.07) is 14.3. The van der Waals surface area contributed by atoms with E-state index in [0.29, 0.717) is 24.3 Å². The molecule has 0 spiro atoms. The fourth-order valence-corrected chi connectivity index (χ4v) is 3.65. The number of hydrogen-bond donors (Lipinski definition) is 2. The third-order valence-electron chi connectivity index (χ3n) is 5.18. The van der Waals surface area contributed by atoms with E-state index in [4.69, 9.17) is 0 Å². The van der Waals surface area contributed by atoms with E-state index < -0.39 is 6.04 Å². The van der Waals surface area contributed by atoms with Gasteiger partial charge in [-0.05, 0) is 36.1 Å². The molecule has 2 aliphatic heterocycles. The lowest BCUT2D eigenvalue weighted by molar-refractivity contribution is -0.132. The van der Waals surface area contributed by atoms with Crippen molar-refractivity contribution in [1.29, 1.82) is 0 Å². The third kappa shape index (κ3) is 3.56. The van der Waals surface area contributed by atoms with Crippen LogP contribution in [0.1, 0.15) is 34.3 Å². The van der Waals surface area contributed by atoms with Gasteiger partial charge in [-0.2, -0.15) is 0 Å². The molecule has 138 valence electrons. The lowest BCUT2D eigenvalue weighted by Crippen LogP contribution is -2.42. The van der Waals surface area contributed by atoms with Gasteiger partial charge in [0, 0.05) is 19.5 Å². The van der Waals surface area contributed by atoms with Crippen molar-refractivity contribution >= 4 is 23.4 Å². The molecule has 2 heterocycles. The first-order valence-electron chi connectivity index (χ1n) is 9.17. The van der Waals surface area contributed by atoms with E-state index >= 15 is 0 Å². The minimum absolute atomic E-state index is 0.00770. The number of fused-ring (bicyclic) bond motifs is 2. The average molecular weight is 363 g/mol. The zero-order valence-corrected chi connectivity index (χ0v) is 14.9. The lowest BCUT2D eigenvalue weighted by atomic mass is 9.99. The van der Waals surface area contributed by atoms with Crippen LogP contribution in [0.5, 0.6) is 0 Å². The Labute approximate surface area is 157 Å². The summed E-state index contributed by atoms with van der Waals surface area (Å²) in [4.78, 5) is 39.2. The molecule has 4 rings (SSSR count). The molecule has 2 aromatic carbocycles. The predicted octanol–water partition coefficient (Wildman–Crippen LogP) is 2.10. The highest BCUT2D eigenvalue weighted by Crippen LogP contribution is 2.21. The number of hydrogen-bond acceptors (Lipinski definition) is 3. The molecule has 6 heteroatoms. The van der Waals surface area contributed by atoms with Crippen molar-refractivity contribution in [2.24, 2.45) is 0 Å². The van der Waals surface area contributed by atoms with Crippen molar-refractivity contribution in [2.45, 2.75) is 31.8 Å². The van der Waals surface area contributed by atoms with Crippen molar-refractivity contribution in [2.75, 3.05) is 11.9 Å². The molecule has 0 fully saturated rings. The standard InChI is InChI=1S/C21H21N3O3/c25-19(24-12-11-14-5-1-2-6-15(14)13-24)10-9-18-21(27)22-17-8-4-3-7-16(17)20(26)23-18/h1-8,18H,9-13H2,(H,22,27)(H,23,26). The lowest BCUT2D eigenvalue weighted by Gasteiger charge is -2.29. The van der Waals surface area contributed by atoms with Crippen LogP contribution in [0, 0.1) is 0 Å². The fraction of sp³-hybridized carbons (Fsp3) is 0.286. The molecule has 0 saturated heterocycles. The zero-order valence-electron chi connectivity index (χ0n) is 14.9. The Hall–Kier alpha value is -3.15. The number of benzene rings is 2. The number of rotatable bonds is 3. The Kier molecular flexibility index (Phi) is 4.62. The van der Waals surface area contributed by atoms with Crippen LogP contribution in [0.2, 0.25) is 0 Å². The topological polar surface area (TPSA) is 78.5 Å². The van der Waals surface area contributed by atoms with Gasteiger partial charge in [0.25, 0.3) is 5.91 Å². The maximum absolute atomic E-state index is 12.6. The van der Waals surface area contributed by atoms with Gasteiger partial charge in [-0.15, -0.1) is 0 Å². The Bertz CT molecular complexity index is 909. The van der Waals surface area contributed by atoms with Crippen molar-refractivity contribution < 1.29 is 14.4 Å². The Morgan fingerprint density at radius 2 is 1.78 bits per heavy atom. The monoisotopic (exact) mass is 363 g/mol. The van der Waals surface area contributed by atoms with Gasteiger partial charge in [-0.25, -0.2) is 0 Å². The largest absolute Gasteiger partial charge is 0.340 e. The number of amides is 3. The molecule has 2 aromatic rings. The summed E-state index contributed by atoms with van der Waals surface area (Å²) in [7, 11) is 0. The van der Waals surface area contributed by atoms with Crippen molar-refractivity contribution in [3.05, 3.63) is 65.2 Å². The van der Waals surface area contributed by atoms with Gasteiger partial charge in [-0.3, -0.25) is 14.4 Å². The van der Waals surface area contributed by atoms with Gasteiger partial charge in [0.05, 0.1) is 11.3 Å². The van der Waals surface area contributed by atoms with Crippen LogP contribution in [-0.4, -0.2) is 35.2 Å². The highest BCUT2D eigenvalue weighted by molar-refractivity contribution is 6.09. The second kappa shape index (κ2) is 7.23. The molecule has 2 aliphatic rings. The molecule has 2 N–H and O–H groups in total. The molecule has 0 aromatic heterocycles. The minimum Gasteiger partial charge on any atom is -0.340 e. The van der Waals surface area contributed by atoms with E-state index in [1.54, 1.807) is 24.3 Å². The summed E-state index contributed by atoms with van der Waals surface area (Å²) >= 11 is 0. The molecular formula is C21H21N3O3. The average Bonchev–Trinajstić information content (AvgIpc) is 2.82. The second-order valence-corrected chi connectivity index (χ2v) is 6.93. The quantitative estimate of drug-likeness (QED) is 0.877. The van der Waals surface area contributed by atoms with Crippen molar-refractivity contribution in [1.82, 2.24) is 10.2 Å². The molecular weight excluding hydrogens is 342 g/mol. The fourth-order valence-electron chi connectivity index (χ4n) is 3.65. The smallest absolute Gasteiger partial charge is 0.254 e. The number of nitrogens with zero attached hydrogens (tertiary/aromatic N) is 1. The maximum atomic E-state index is 12.6. The molecule has 1 atom stereocenters. The van der Waals surface area contributed by atoms with E-state index in [0.717, 1.165) is 6.42 Å². The summed E-state index contributed by atoms with van der Waals surface area (Å²) in [5.41, 5.74) is 3.40. The summed E-state index contributed by atoms with van der Waals surface area (Å²) < 4.78 is 0. The third-order valence-corrected chi connectivity index (χ3v) is 5.18. The van der Waals surface area contributed by atoms with Gasteiger partial charge in [-0.1, -0.05) is 36.4 Å². The first-order chi connectivity index (χ1) is 13.1. The first kappa shape index (κ1) is 17.3. The van der Waals surface area contributed by atoms with Gasteiger partial charge in [0.1, 0.15) is 6.04 Å². The molecule has 27 heavy (non-hydrogen) atoms. The van der Waals surface area contributed by atoms with E-state index in [2.05, 4.69) is 16.7 Å². The van der Waals surface area contributed by atoms with Crippen LogP contribution < -0.4 is 10.6 Å². The maximum Gasteiger partial charge on any atom is 0.254 e. The molecule has 0 bridgehead atoms. The Morgan fingerprint density at radius 1 is 1.04 bits per heavy atom. The second-order valence-electron chi connectivity index (χ2n) is 6.93. The van der Waals surface area contributed by atoms with Crippen LogP contribution >= 0.6 is 0 Å². The summed E-state index contributed by atoms with van der Waals surface area (Å²) in [6.45, 7) is 1.29. The first-order valence-corrected chi connectivity index (χ1v) is 9.17. The van der Waals surface area contributed by atoms with Gasteiger partial charge < -0.3 is 15.5 Å². The highest BCUT2D eigenvalue weighted by Gasteiger charge is 2.29. The highest BCUT2D eigenvalue weighted by atomic mass is 16.2. The van der Waals surface area contributed by atoms with Crippen molar-refractivity contribution in [3.8, 4) is 0 Å². The number of carbonyl (C=O) groups is 3. The van der Waals surface area contributed by atoms with Crippen LogP contribution in [0.4, 0.5) is 5.69 Å². The normalized spacial score (nSPS) is 18.7. The Balaban J connectivity index is 1.38. The molecule has 3 amide bonds. The summed E-state index contributed by atoms with van der Waals surface area (Å²) in [5.74, 6) is -0.577. The number of para-hydroxylation sites is 1. The molecule has 1 unspecified atom stereocenters. The van der Waals surface area contributed by atoms with Crippen molar-refractivity contribution in [3.63, 3.8) is 0 Å². The molecule has 0 saturated carbocycles. The SMILES string of the molecule is O=C1NC(CCC(=O)N2CCc3ccccc3C2)C(=O)Nc2ccccc21. The molecule has 6 nitrogen and oxygen atoms in total. The summed E-state index contributed by atoms with van der Waals surface area (Å²) in [6.07, 6.45) is 1.34. The minimum atomic E-state index is -0.717. The predicted molar refractivity (Wildman–Crippen MR) is 101 cm³/mol. The summed E-state index contributed by atoms with van der Waals surface area (Å²) in [5, 5.41) is 5.51. The van der Waals surface area contributed by atoms with Gasteiger partial charge in [0.2, 0.25) is 11.8 Å². The zero-order chi connectivity index (χ0) is 18.8. The van der Waals surface area contributed by atoms with Crippen LogP contribution in [0.3, 0.4) is 0 Å². The van der Waals surface area contributed by atoms with Crippen LogP contribution in [0.25, 0.3) is 0 Å². The number of anilines is 1.